The number of ketones is 1. The van der Waals surface area contributed by atoms with Crippen LogP contribution in [0.1, 0.15) is 42.8 Å². The normalized spacial score (nSPS) is 11.5. The van der Waals surface area contributed by atoms with Gasteiger partial charge in [0.05, 0.1) is 21.1 Å². The van der Waals surface area contributed by atoms with Crippen LogP contribution < -0.4 is 4.31 Å². The lowest BCUT2D eigenvalue weighted by molar-refractivity contribution is -0.384. The molecule has 0 aliphatic carbocycles. The third kappa shape index (κ3) is 4.11. The molecule has 0 spiro atoms. The first-order valence-corrected chi connectivity index (χ1v) is 11.4. The molecule has 9 nitrogen and oxygen atoms in total. The van der Waals surface area contributed by atoms with Crippen LogP contribution in [0.5, 0.6) is 0 Å². The Morgan fingerprint density at radius 1 is 1.19 bits per heavy atom. The van der Waals surface area contributed by atoms with Crippen molar-refractivity contribution in [1.82, 2.24) is 0 Å². The number of sulfonamides is 1. The molecule has 0 aliphatic heterocycles. The first-order chi connectivity index (χ1) is 15.0. The number of amides is 1. The monoisotopic (exact) mass is 478 g/mol. The van der Waals surface area contributed by atoms with Gasteiger partial charge in [-0.25, -0.2) is 12.7 Å². The van der Waals surface area contributed by atoms with E-state index in [0.29, 0.717) is 27.5 Å². The summed E-state index contributed by atoms with van der Waals surface area (Å²) in [7, 11) is -4.54. The molecular formula is C21H19ClN2O7S. The molecule has 3 aromatic rings. The molecule has 1 amide bonds. The number of aryl methyl sites for hydroxylation is 1. The van der Waals surface area contributed by atoms with Gasteiger partial charge >= 0.3 is 0 Å². The third-order valence-electron chi connectivity index (χ3n) is 4.78. The average Bonchev–Trinajstić information content (AvgIpc) is 3.03. The lowest BCUT2D eigenvalue weighted by Gasteiger charge is -2.22. The second-order valence-corrected chi connectivity index (χ2v) is 9.25. The zero-order valence-electron chi connectivity index (χ0n) is 17.4. The fourth-order valence-electron chi connectivity index (χ4n) is 3.40. The van der Waals surface area contributed by atoms with E-state index in [1.54, 1.807) is 13.8 Å². The molecule has 0 saturated carbocycles. The molecular weight excluding hydrogens is 460 g/mol. The number of carbonyl (C=O) groups excluding carboxylic acids is 2. The van der Waals surface area contributed by atoms with Crippen LogP contribution in [0.4, 0.5) is 11.4 Å². The number of fused-ring (bicyclic) bond motifs is 1. The number of hydrogen-bond donors (Lipinski definition) is 0. The van der Waals surface area contributed by atoms with E-state index >= 15 is 0 Å². The van der Waals surface area contributed by atoms with Crippen LogP contribution >= 0.6 is 11.6 Å². The van der Waals surface area contributed by atoms with Crippen molar-refractivity contribution in [2.24, 2.45) is 0 Å². The highest BCUT2D eigenvalue weighted by Gasteiger charge is 2.33. The summed E-state index contributed by atoms with van der Waals surface area (Å²) in [6.07, 6.45) is 0.286. The third-order valence-corrected chi connectivity index (χ3v) is 6.84. The van der Waals surface area contributed by atoms with E-state index in [4.69, 9.17) is 16.0 Å². The van der Waals surface area contributed by atoms with E-state index in [9.17, 15) is 28.1 Å². The minimum absolute atomic E-state index is 0.0168. The summed E-state index contributed by atoms with van der Waals surface area (Å²) in [6.45, 7) is 4.68. The summed E-state index contributed by atoms with van der Waals surface area (Å²) >= 11 is 5.81. The first-order valence-electron chi connectivity index (χ1n) is 9.55. The maximum absolute atomic E-state index is 13.4. The van der Waals surface area contributed by atoms with Gasteiger partial charge in [0.1, 0.15) is 16.4 Å². The predicted octanol–water partition coefficient (Wildman–Crippen LogP) is 5.03. The smallest absolute Gasteiger partial charge is 0.289 e. The highest BCUT2D eigenvalue weighted by Crippen LogP contribution is 2.34. The van der Waals surface area contributed by atoms with Crippen molar-refractivity contribution in [3.63, 3.8) is 0 Å². The molecule has 11 heteroatoms. The Morgan fingerprint density at radius 2 is 1.88 bits per heavy atom. The number of nitrogens with zero attached hydrogens (tertiary/aromatic N) is 2. The number of nitro benzene ring substituents is 1. The standard InChI is InChI=1S/C21H19ClN2O7S/c1-4-5-20(26)23(32(29,30)15-7-8-17(22)18(11-15)24(27)28)14-6-9-19-16(10-14)21(12(2)25)13(3)31-19/h6-11H,4-5H2,1-3H3. The molecule has 168 valence electrons. The summed E-state index contributed by atoms with van der Waals surface area (Å²) in [4.78, 5) is 34.9. The lowest BCUT2D eigenvalue weighted by atomic mass is 10.1. The molecule has 0 radical (unpaired) electrons. The Hall–Kier alpha value is -3.24. The molecule has 1 aromatic heterocycles. The Labute approximate surface area is 188 Å². The van der Waals surface area contributed by atoms with Crippen LogP contribution in [-0.4, -0.2) is 25.0 Å². The molecule has 0 saturated heterocycles. The first kappa shape index (κ1) is 23.4. The van der Waals surface area contributed by atoms with Crippen molar-refractivity contribution < 1.29 is 27.3 Å². The van der Waals surface area contributed by atoms with E-state index in [1.165, 1.54) is 25.1 Å². The topological polar surface area (TPSA) is 128 Å². The highest BCUT2D eigenvalue weighted by molar-refractivity contribution is 7.93. The quantitative estimate of drug-likeness (QED) is 0.264. The van der Waals surface area contributed by atoms with Crippen molar-refractivity contribution in [2.75, 3.05) is 4.31 Å². The van der Waals surface area contributed by atoms with Crippen molar-refractivity contribution >= 4 is 55.7 Å². The van der Waals surface area contributed by atoms with Crippen molar-refractivity contribution in [3.8, 4) is 0 Å². The average molecular weight is 479 g/mol. The van der Waals surface area contributed by atoms with Crippen LogP contribution in [0.25, 0.3) is 11.0 Å². The number of nitro groups is 1. The zero-order chi connectivity index (χ0) is 23.8. The molecule has 2 aromatic carbocycles. The van der Waals surface area contributed by atoms with E-state index in [1.807, 2.05) is 0 Å². The maximum atomic E-state index is 13.4. The van der Waals surface area contributed by atoms with Gasteiger partial charge in [-0.3, -0.25) is 19.7 Å². The minimum Gasteiger partial charge on any atom is -0.461 e. The minimum atomic E-state index is -4.54. The van der Waals surface area contributed by atoms with E-state index < -0.39 is 31.4 Å². The fraction of sp³-hybridized carbons (Fsp3) is 0.238. The number of anilines is 1. The second kappa shape index (κ2) is 8.71. The molecule has 3 rings (SSSR count). The second-order valence-electron chi connectivity index (χ2n) is 7.05. The molecule has 32 heavy (non-hydrogen) atoms. The Kier molecular flexibility index (Phi) is 6.38. The largest absolute Gasteiger partial charge is 0.461 e. The molecule has 0 bridgehead atoms. The number of benzene rings is 2. The maximum Gasteiger partial charge on any atom is 0.289 e. The molecule has 0 fully saturated rings. The van der Waals surface area contributed by atoms with E-state index in [-0.39, 0.29) is 28.5 Å². The van der Waals surface area contributed by atoms with Gasteiger partial charge in [0.25, 0.3) is 15.7 Å². The van der Waals surface area contributed by atoms with E-state index in [0.717, 1.165) is 18.2 Å². The fourth-order valence-corrected chi connectivity index (χ4v) is 5.05. The Morgan fingerprint density at radius 3 is 2.47 bits per heavy atom. The van der Waals surface area contributed by atoms with Gasteiger partial charge in [-0.2, -0.15) is 0 Å². The summed E-state index contributed by atoms with van der Waals surface area (Å²) in [5.74, 6) is -0.637. The van der Waals surface area contributed by atoms with Crippen molar-refractivity contribution in [3.05, 3.63) is 62.9 Å². The number of halogens is 1. The van der Waals surface area contributed by atoms with Crippen LogP contribution in [0.15, 0.2) is 45.7 Å². The number of furan rings is 1. The van der Waals surface area contributed by atoms with Crippen LogP contribution in [0.3, 0.4) is 0 Å². The SMILES string of the molecule is CCCC(=O)N(c1ccc2oc(C)c(C(C)=O)c2c1)S(=O)(=O)c1ccc(Cl)c([N+](=O)[O-])c1. The van der Waals surface area contributed by atoms with E-state index in [2.05, 4.69) is 0 Å². The van der Waals surface area contributed by atoms with Crippen LogP contribution in [0.2, 0.25) is 5.02 Å². The van der Waals surface area contributed by atoms with Gasteiger partial charge in [-0.05, 0) is 50.6 Å². The molecule has 1 heterocycles. The summed E-state index contributed by atoms with van der Waals surface area (Å²) < 4.78 is 33.0. The van der Waals surface area contributed by atoms with Crippen molar-refractivity contribution in [1.29, 1.82) is 0 Å². The van der Waals surface area contributed by atoms with Crippen LogP contribution in [-0.2, 0) is 14.8 Å². The lowest BCUT2D eigenvalue weighted by Crippen LogP contribution is -2.36. The number of carbonyl (C=O) groups is 2. The number of rotatable bonds is 7. The Balaban J connectivity index is 2.25. The van der Waals surface area contributed by atoms with Gasteiger partial charge in [0.2, 0.25) is 5.91 Å². The van der Waals surface area contributed by atoms with Gasteiger partial charge in [-0.15, -0.1) is 0 Å². The molecule has 0 N–H and O–H groups in total. The van der Waals surface area contributed by atoms with Crippen molar-refractivity contribution in [2.45, 2.75) is 38.5 Å². The van der Waals surface area contributed by atoms with Gasteiger partial charge < -0.3 is 4.42 Å². The molecule has 0 unspecified atom stereocenters. The predicted molar refractivity (Wildman–Crippen MR) is 119 cm³/mol. The summed E-state index contributed by atoms with van der Waals surface area (Å²) in [6, 6.07) is 7.23. The number of Topliss-reactive ketones (excluding diaryl/α,β-unsaturated/α-hetero) is 1. The van der Waals surface area contributed by atoms with Gasteiger partial charge in [-0.1, -0.05) is 18.5 Å². The van der Waals surface area contributed by atoms with Gasteiger partial charge in [0, 0.05) is 17.9 Å². The zero-order valence-corrected chi connectivity index (χ0v) is 19.0. The summed E-state index contributed by atoms with van der Waals surface area (Å²) in [5.41, 5.74) is 0.0235. The highest BCUT2D eigenvalue weighted by atomic mass is 35.5. The number of hydrogen-bond acceptors (Lipinski definition) is 7. The molecule has 0 aliphatic rings. The Bertz CT molecular complexity index is 1360. The molecule has 0 atom stereocenters. The van der Waals surface area contributed by atoms with Gasteiger partial charge in [0.15, 0.2) is 5.78 Å². The van der Waals surface area contributed by atoms with Crippen LogP contribution in [0, 0.1) is 17.0 Å². The summed E-state index contributed by atoms with van der Waals surface area (Å²) in [5, 5.41) is 11.4.